The molecule has 17 heavy (non-hydrogen) atoms. The summed E-state index contributed by atoms with van der Waals surface area (Å²) in [7, 11) is 1.72. The molecule has 0 atom stereocenters. The van der Waals surface area contributed by atoms with E-state index in [1.54, 1.807) is 30.1 Å². The summed E-state index contributed by atoms with van der Waals surface area (Å²) in [4.78, 5) is 17.5. The van der Waals surface area contributed by atoms with Crippen LogP contribution in [0.1, 0.15) is 24.3 Å². The highest BCUT2D eigenvalue weighted by Crippen LogP contribution is 2.03. The SMILES string of the molecule is CC(C)OCCN(C)C(=O)c1cccc(N)n1. The van der Waals surface area contributed by atoms with Crippen LogP contribution in [0.3, 0.4) is 0 Å². The number of likely N-dealkylation sites (N-methyl/N-ethyl adjacent to an activating group) is 1. The molecule has 0 aliphatic carbocycles. The molecule has 1 aromatic heterocycles. The smallest absolute Gasteiger partial charge is 0.272 e. The molecule has 0 fully saturated rings. The van der Waals surface area contributed by atoms with E-state index in [2.05, 4.69) is 4.98 Å². The highest BCUT2D eigenvalue weighted by atomic mass is 16.5. The van der Waals surface area contributed by atoms with E-state index in [1.807, 2.05) is 13.8 Å². The van der Waals surface area contributed by atoms with E-state index in [4.69, 9.17) is 10.5 Å². The summed E-state index contributed by atoms with van der Waals surface area (Å²) in [6, 6.07) is 5.02. The number of amides is 1. The van der Waals surface area contributed by atoms with Gasteiger partial charge in [-0.1, -0.05) is 6.07 Å². The Balaban J connectivity index is 2.52. The number of hydrogen-bond acceptors (Lipinski definition) is 4. The van der Waals surface area contributed by atoms with Gasteiger partial charge in [-0.3, -0.25) is 4.79 Å². The first-order valence-corrected chi connectivity index (χ1v) is 5.60. The molecule has 1 rings (SSSR count). The maximum Gasteiger partial charge on any atom is 0.272 e. The Morgan fingerprint density at radius 2 is 2.24 bits per heavy atom. The molecule has 1 heterocycles. The molecule has 5 heteroatoms. The van der Waals surface area contributed by atoms with Crippen molar-refractivity contribution in [2.24, 2.45) is 0 Å². The zero-order valence-electron chi connectivity index (χ0n) is 10.5. The van der Waals surface area contributed by atoms with Crippen molar-refractivity contribution in [3.8, 4) is 0 Å². The predicted molar refractivity (Wildman–Crippen MR) is 66.7 cm³/mol. The molecule has 2 N–H and O–H groups in total. The van der Waals surface area contributed by atoms with Crippen LogP contribution < -0.4 is 5.73 Å². The quantitative estimate of drug-likeness (QED) is 0.834. The summed E-state index contributed by atoms with van der Waals surface area (Å²) in [6.45, 7) is 4.97. The molecule has 0 saturated heterocycles. The van der Waals surface area contributed by atoms with E-state index in [0.717, 1.165) is 0 Å². The Morgan fingerprint density at radius 3 is 2.82 bits per heavy atom. The second-order valence-corrected chi connectivity index (χ2v) is 4.09. The number of hydrogen-bond donors (Lipinski definition) is 1. The molecule has 0 aliphatic rings. The summed E-state index contributed by atoms with van der Waals surface area (Å²) in [6.07, 6.45) is 0.170. The topological polar surface area (TPSA) is 68.5 Å². The lowest BCUT2D eigenvalue weighted by Gasteiger charge is -2.17. The van der Waals surface area contributed by atoms with Crippen LogP contribution in [0, 0.1) is 0 Å². The molecule has 5 nitrogen and oxygen atoms in total. The Morgan fingerprint density at radius 1 is 1.53 bits per heavy atom. The summed E-state index contributed by atoms with van der Waals surface area (Å²) in [5, 5.41) is 0. The van der Waals surface area contributed by atoms with Gasteiger partial charge in [-0.05, 0) is 26.0 Å². The Bertz CT molecular complexity index is 380. The Labute approximate surface area is 102 Å². The normalized spacial score (nSPS) is 10.6. The van der Waals surface area contributed by atoms with Crippen molar-refractivity contribution >= 4 is 11.7 Å². The molecular weight excluding hydrogens is 218 g/mol. The van der Waals surface area contributed by atoms with E-state index in [0.29, 0.717) is 24.7 Å². The molecule has 0 aliphatic heterocycles. The first kappa shape index (κ1) is 13.4. The van der Waals surface area contributed by atoms with Crippen molar-refractivity contribution in [2.75, 3.05) is 25.9 Å². The lowest BCUT2D eigenvalue weighted by molar-refractivity contribution is 0.0529. The van der Waals surface area contributed by atoms with E-state index < -0.39 is 0 Å². The highest BCUT2D eigenvalue weighted by Gasteiger charge is 2.12. The average Bonchev–Trinajstić information content (AvgIpc) is 2.27. The number of anilines is 1. The zero-order chi connectivity index (χ0) is 12.8. The second kappa shape index (κ2) is 6.20. The molecule has 1 amide bonds. The number of nitrogens with two attached hydrogens (primary N) is 1. The number of rotatable bonds is 5. The minimum Gasteiger partial charge on any atom is -0.384 e. The molecule has 0 spiro atoms. The van der Waals surface area contributed by atoms with Crippen molar-refractivity contribution in [3.05, 3.63) is 23.9 Å². The van der Waals surface area contributed by atoms with Crippen LogP contribution in [0.5, 0.6) is 0 Å². The number of pyridine rings is 1. The maximum absolute atomic E-state index is 11.9. The number of carbonyl (C=O) groups is 1. The third kappa shape index (κ3) is 4.40. The van der Waals surface area contributed by atoms with Gasteiger partial charge in [-0.25, -0.2) is 4.98 Å². The highest BCUT2D eigenvalue weighted by molar-refractivity contribution is 5.92. The van der Waals surface area contributed by atoms with E-state index in [-0.39, 0.29) is 12.0 Å². The lowest BCUT2D eigenvalue weighted by atomic mass is 10.3. The van der Waals surface area contributed by atoms with Crippen molar-refractivity contribution in [3.63, 3.8) is 0 Å². The second-order valence-electron chi connectivity index (χ2n) is 4.09. The monoisotopic (exact) mass is 237 g/mol. The van der Waals surface area contributed by atoms with Crippen LogP contribution in [-0.2, 0) is 4.74 Å². The number of nitrogens with zero attached hydrogens (tertiary/aromatic N) is 2. The van der Waals surface area contributed by atoms with Gasteiger partial charge in [-0.2, -0.15) is 0 Å². The molecule has 1 aromatic rings. The maximum atomic E-state index is 11.9. The third-order valence-electron chi connectivity index (χ3n) is 2.21. The molecule has 0 saturated carbocycles. The minimum atomic E-state index is -0.148. The number of aromatic nitrogens is 1. The van der Waals surface area contributed by atoms with Crippen LogP contribution in [0.25, 0.3) is 0 Å². The van der Waals surface area contributed by atoms with Gasteiger partial charge in [-0.15, -0.1) is 0 Å². The van der Waals surface area contributed by atoms with E-state index >= 15 is 0 Å². The van der Waals surface area contributed by atoms with Gasteiger partial charge in [0.2, 0.25) is 0 Å². The molecule has 0 unspecified atom stereocenters. The Hall–Kier alpha value is -1.62. The fourth-order valence-corrected chi connectivity index (χ4v) is 1.29. The van der Waals surface area contributed by atoms with Gasteiger partial charge >= 0.3 is 0 Å². The first-order chi connectivity index (χ1) is 8.00. The van der Waals surface area contributed by atoms with Crippen LogP contribution in [0.15, 0.2) is 18.2 Å². The summed E-state index contributed by atoms with van der Waals surface area (Å²) >= 11 is 0. The van der Waals surface area contributed by atoms with Crippen molar-refractivity contribution in [1.29, 1.82) is 0 Å². The van der Waals surface area contributed by atoms with Crippen LogP contribution in [-0.4, -0.2) is 42.1 Å². The summed E-state index contributed by atoms with van der Waals surface area (Å²) < 4.78 is 5.38. The van der Waals surface area contributed by atoms with Gasteiger partial charge in [0.25, 0.3) is 5.91 Å². The molecular formula is C12H19N3O2. The van der Waals surface area contributed by atoms with Gasteiger partial charge in [0.1, 0.15) is 11.5 Å². The predicted octanol–water partition coefficient (Wildman–Crippen LogP) is 1.16. The summed E-state index contributed by atoms with van der Waals surface area (Å²) in [5.41, 5.74) is 5.89. The van der Waals surface area contributed by atoms with Crippen molar-refractivity contribution < 1.29 is 9.53 Å². The van der Waals surface area contributed by atoms with Gasteiger partial charge in [0.05, 0.1) is 12.7 Å². The van der Waals surface area contributed by atoms with Crippen LogP contribution in [0.4, 0.5) is 5.82 Å². The number of ether oxygens (including phenoxy) is 1. The fourth-order valence-electron chi connectivity index (χ4n) is 1.29. The van der Waals surface area contributed by atoms with Gasteiger partial charge in [0.15, 0.2) is 0 Å². The average molecular weight is 237 g/mol. The van der Waals surface area contributed by atoms with Crippen LogP contribution in [0.2, 0.25) is 0 Å². The van der Waals surface area contributed by atoms with Crippen LogP contribution >= 0.6 is 0 Å². The minimum absolute atomic E-state index is 0.148. The van der Waals surface area contributed by atoms with Gasteiger partial charge < -0.3 is 15.4 Å². The van der Waals surface area contributed by atoms with Crippen molar-refractivity contribution in [1.82, 2.24) is 9.88 Å². The summed E-state index contributed by atoms with van der Waals surface area (Å²) in [5.74, 6) is 0.201. The standard InChI is InChI=1S/C12H19N3O2/c1-9(2)17-8-7-15(3)12(16)10-5-4-6-11(13)14-10/h4-6,9H,7-8H2,1-3H3,(H2,13,14). The number of nitrogen functional groups attached to an aromatic ring is 1. The van der Waals surface area contributed by atoms with Gasteiger partial charge in [0, 0.05) is 13.6 Å². The zero-order valence-corrected chi connectivity index (χ0v) is 10.5. The molecule has 0 bridgehead atoms. The molecule has 94 valence electrons. The largest absolute Gasteiger partial charge is 0.384 e. The Kier molecular flexibility index (Phi) is 4.90. The fraction of sp³-hybridized carbons (Fsp3) is 0.500. The third-order valence-corrected chi connectivity index (χ3v) is 2.21. The van der Waals surface area contributed by atoms with Crippen molar-refractivity contribution in [2.45, 2.75) is 20.0 Å². The van der Waals surface area contributed by atoms with E-state index in [9.17, 15) is 4.79 Å². The molecule has 0 radical (unpaired) electrons. The number of carbonyl (C=O) groups excluding carboxylic acids is 1. The lowest BCUT2D eigenvalue weighted by Crippen LogP contribution is -2.31. The molecule has 0 aromatic carbocycles. The van der Waals surface area contributed by atoms with E-state index in [1.165, 1.54) is 0 Å². The first-order valence-electron chi connectivity index (χ1n) is 5.60.